The molecule has 118 valence electrons. The van der Waals surface area contributed by atoms with Crippen molar-refractivity contribution in [1.82, 2.24) is 10.2 Å². The third kappa shape index (κ3) is 5.68. The zero-order valence-corrected chi connectivity index (χ0v) is 13.6. The highest BCUT2D eigenvalue weighted by Gasteiger charge is 2.18. The van der Waals surface area contributed by atoms with Crippen molar-refractivity contribution in [3.63, 3.8) is 0 Å². The van der Waals surface area contributed by atoms with Gasteiger partial charge < -0.3 is 15.0 Å². The summed E-state index contributed by atoms with van der Waals surface area (Å²) >= 11 is 0. The first-order valence-corrected chi connectivity index (χ1v) is 8.42. The highest BCUT2D eigenvalue weighted by atomic mass is 16.5. The summed E-state index contributed by atoms with van der Waals surface area (Å²) in [4.78, 5) is 2.46. The van der Waals surface area contributed by atoms with E-state index in [1.54, 1.807) is 0 Å². The first-order chi connectivity index (χ1) is 10.3. The van der Waals surface area contributed by atoms with Gasteiger partial charge in [0.05, 0.1) is 0 Å². The van der Waals surface area contributed by atoms with E-state index in [0.717, 1.165) is 38.0 Å². The van der Waals surface area contributed by atoms with Gasteiger partial charge in [0.25, 0.3) is 0 Å². The molecule has 0 atom stereocenters. The zero-order chi connectivity index (χ0) is 14.9. The zero-order valence-electron chi connectivity index (χ0n) is 13.6. The van der Waals surface area contributed by atoms with Crippen LogP contribution in [-0.4, -0.2) is 37.7 Å². The maximum Gasteiger partial charge on any atom is 0.119 e. The van der Waals surface area contributed by atoms with Crippen LogP contribution in [0.15, 0.2) is 24.3 Å². The van der Waals surface area contributed by atoms with Crippen LogP contribution >= 0.6 is 0 Å². The standard InChI is InChI=1S/C18H30N2O/c1-3-11-19-15-16-7-6-10-18(14-16)21-13-12-20(2)17-8-4-5-9-17/h6-7,10,14,17,19H,3-5,8-9,11-13,15H2,1-2H3. The number of hydrogen-bond donors (Lipinski definition) is 1. The molecule has 0 spiro atoms. The predicted octanol–water partition coefficient (Wildman–Crippen LogP) is 3.44. The Morgan fingerprint density at radius 2 is 2.10 bits per heavy atom. The molecule has 0 unspecified atom stereocenters. The van der Waals surface area contributed by atoms with Crippen molar-refractivity contribution in [3.05, 3.63) is 29.8 Å². The van der Waals surface area contributed by atoms with Crippen molar-refractivity contribution in [2.24, 2.45) is 0 Å². The van der Waals surface area contributed by atoms with Crippen molar-refractivity contribution in [1.29, 1.82) is 0 Å². The Kier molecular flexibility index (Phi) is 7.04. The second kappa shape index (κ2) is 9.06. The Balaban J connectivity index is 1.70. The number of hydrogen-bond acceptors (Lipinski definition) is 3. The number of rotatable bonds is 9. The minimum Gasteiger partial charge on any atom is -0.492 e. The van der Waals surface area contributed by atoms with E-state index in [1.165, 1.54) is 37.7 Å². The van der Waals surface area contributed by atoms with E-state index in [0.29, 0.717) is 0 Å². The van der Waals surface area contributed by atoms with Crippen molar-refractivity contribution >= 4 is 0 Å². The van der Waals surface area contributed by atoms with Gasteiger partial charge in [-0.1, -0.05) is 31.9 Å². The molecular formula is C18H30N2O. The van der Waals surface area contributed by atoms with E-state index in [1.807, 2.05) is 0 Å². The van der Waals surface area contributed by atoms with E-state index in [4.69, 9.17) is 4.74 Å². The van der Waals surface area contributed by atoms with Crippen LogP contribution in [0.4, 0.5) is 0 Å². The molecule has 1 aliphatic rings. The van der Waals surface area contributed by atoms with Gasteiger partial charge in [-0.3, -0.25) is 0 Å². The van der Waals surface area contributed by atoms with E-state index >= 15 is 0 Å². The maximum atomic E-state index is 5.91. The van der Waals surface area contributed by atoms with Crippen molar-refractivity contribution in [2.45, 2.75) is 51.6 Å². The van der Waals surface area contributed by atoms with Gasteiger partial charge in [-0.25, -0.2) is 0 Å². The summed E-state index contributed by atoms with van der Waals surface area (Å²) in [5, 5.41) is 3.43. The van der Waals surface area contributed by atoms with Gasteiger partial charge in [0.1, 0.15) is 12.4 Å². The van der Waals surface area contributed by atoms with Gasteiger partial charge >= 0.3 is 0 Å². The van der Waals surface area contributed by atoms with Gasteiger partial charge in [-0.05, 0) is 50.6 Å². The second-order valence-corrected chi connectivity index (χ2v) is 6.09. The fourth-order valence-corrected chi connectivity index (χ4v) is 2.99. The van der Waals surface area contributed by atoms with Gasteiger partial charge in [0.2, 0.25) is 0 Å². The highest BCUT2D eigenvalue weighted by Crippen LogP contribution is 2.22. The number of benzene rings is 1. The lowest BCUT2D eigenvalue weighted by molar-refractivity contribution is 0.193. The Morgan fingerprint density at radius 1 is 1.29 bits per heavy atom. The lowest BCUT2D eigenvalue weighted by atomic mass is 10.2. The first-order valence-electron chi connectivity index (χ1n) is 8.42. The molecule has 21 heavy (non-hydrogen) atoms. The summed E-state index contributed by atoms with van der Waals surface area (Å²) in [7, 11) is 2.23. The van der Waals surface area contributed by atoms with Gasteiger partial charge in [-0.15, -0.1) is 0 Å². The average Bonchev–Trinajstić information content (AvgIpc) is 3.02. The number of likely N-dealkylation sites (N-methyl/N-ethyl adjacent to an activating group) is 1. The van der Waals surface area contributed by atoms with Crippen LogP contribution in [0.25, 0.3) is 0 Å². The molecule has 0 radical (unpaired) electrons. The van der Waals surface area contributed by atoms with Crippen LogP contribution in [0.3, 0.4) is 0 Å². The molecule has 1 N–H and O–H groups in total. The van der Waals surface area contributed by atoms with Crippen LogP contribution < -0.4 is 10.1 Å². The molecule has 0 bridgehead atoms. The monoisotopic (exact) mass is 290 g/mol. The molecule has 1 saturated carbocycles. The molecular weight excluding hydrogens is 260 g/mol. The lowest BCUT2D eigenvalue weighted by Gasteiger charge is -2.23. The summed E-state index contributed by atoms with van der Waals surface area (Å²) in [5.41, 5.74) is 1.30. The van der Waals surface area contributed by atoms with Crippen molar-refractivity contribution < 1.29 is 4.74 Å². The third-order valence-electron chi connectivity index (χ3n) is 4.32. The maximum absolute atomic E-state index is 5.91. The average molecular weight is 290 g/mol. The minimum absolute atomic E-state index is 0.776. The van der Waals surface area contributed by atoms with Gasteiger partial charge in [0, 0.05) is 19.1 Å². The summed E-state index contributed by atoms with van der Waals surface area (Å²) < 4.78 is 5.91. The van der Waals surface area contributed by atoms with Crippen LogP contribution in [0.2, 0.25) is 0 Å². The quantitative estimate of drug-likeness (QED) is 0.705. The Hall–Kier alpha value is -1.06. The van der Waals surface area contributed by atoms with Gasteiger partial charge in [0.15, 0.2) is 0 Å². The molecule has 1 aromatic carbocycles. The molecule has 0 aromatic heterocycles. The molecule has 0 aliphatic heterocycles. The normalized spacial score (nSPS) is 15.8. The largest absolute Gasteiger partial charge is 0.492 e. The topological polar surface area (TPSA) is 24.5 Å². The predicted molar refractivity (Wildman–Crippen MR) is 88.8 cm³/mol. The Labute approximate surface area is 129 Å². The van der Waals surface area contributed by atoms with Crippen LogP contribution in [0.1, 0.15) is 44.6 Å². The van der Waals surface area contributed by atoms with Crippen molar-refractivity contribution in [3.8, 4) is 5.75 Å². The minimum atomic E-state index is 0.776. The fourth-order valence-electron chi connectivity index (χ4n) is 2.99. The molecule has 1 aromatic rings. The smallest absolute Gasteiger partial charge is 0.119 e. The first kappa shape index (κ1) is 16.3. The van der Waals surface area contributed by atoms with E-state index in [-0.39, 0.29) is 0 Å². The molecule has 0 saturated heterocycles. The number of nitrogens with one attached hydrogen (secondary N) is 1. The second-order valence-electron chi connectivity index (χ2n) is 6.09. The lowest BCUT2D eigenvalue weighted by Crippen LogP contribution is -2.32. The van der Waals surface area contributed by atoms with Crippen molar-refractivity contribution in [2.75, 3.05) is 26.7 Å². The summed E-state index contributed by atoms with van der Waals surface area (Å²) in [6, 6.07) is 9.22. The summed E-state index contributed by atoms with van der Waals surface area (Å²) in [6.45, 7) is 5.97. The summed E-state index contributed by atoms with van der Waals surface area (Å²) in [6.07, 6.45) is 6.67. The molecule has 3 nitrogen and oxygen atoms in total. The van der Waals surface area contributed by atoms with E-state index in [2.05, 4.69) is 48.5 Å². The van der Waals surface area contributed by atoms with Crippen LogP contribution in [0, 0.1) is 0 Å². The van der Waals surface area contributed by atoms with E-state index < -0.39 is 0 Å². The molecule has 0 amide bonds. The molecule has 3 heteroatoms. The Morgan fingerprint density at radius 3 is 2.86 bits per heavy atom. The number of ether oxygens (including phenoxy) is 1. The SMILES string of the molecule is CCCNCc1cccc(OCCN(C)C2CCCC2)c1. The fraction of sp³-hybridized carbons (Fsp3) is 0.667. The summed E-state index contributed by atoms with van der Waals surface area (Å²) in [5.74, 6) is 0.991. The number of nitrogens with zero attached hydrogens (tertiary/aromatic N) is 1. The van der Waals surface area contributed by atoms with Crippen LogP contribution in [0.5, 0.6) is 5.75 Å². The molecule has 0 heterocycles. The molecule has 2 rings (SSSR count). The van der Waals surface area contributed by atoms with Crippen LogP contribution in [-0.2, 0) is 6.54 Å². The van der Waals surface area contributed by atoms with Gasteiger partial charge in [-0.2, -0.15) is 0 Å². The molecule has 1 aliphatic carbocycles. The third-order valence-corrected chi connectivity index (χ3v) is 4.32. The van der Waals surface area contributed by atoms with E-state index in [9.17, 15) is 0 Å². The Bertz CT molecular complexity index is 402. The molecule has 1 fully saturated rings. The highest BCUT2D eigenvalue weighted by molar-refractivity contribution is 5.28.